The molecule has 177 valence electrons. The first-order chi connectivity index (χ1) is 18.1. The summed E-state index contributed by atoms with van der Waals surface area (Å²) in [5.74, 6) is -0.485. The van der Waals surface area contributed by atoms with Crippen LogP contribution in [-0.4, -0.2) is 16.3 Å². The quantitative estimate of drug-likeness (QED) is 0.272. The molecular weight excluding hydrogens is 456 g/mol. The Morgan fingerprint density at radius 3 is 2.16 bits per heavy atom. The maximum Gasteiger partial charge on any atom is 0.249 e. The van der Waals surface area contributed by atoms with E-state index >= 15 is 0 Å². The van der Waals surface area contributed by atoms with Crippen LogP contribution >= 0.6 is 0 Å². The predicted octanol–water partition coefficient (Wildman–Crippen LogP) is 6.64. The number of fused-ring (bicyclic) bond motifs is 3. The van der Waals surface area contributed by atoms with Crippen LogP contribution in [0.3, 0.4) is 0 Å². The Kier molecular flexibility index (Phi) is 5.62. The van der Waals surface area contributed by atoms with Gasteiger partial charge in [0, 0.05) is 34.0 Å². The molecule has 1 heterocycles. The Bertz CT molecular complexity index is 1780. The van der Waals surface area contributed by atoms with Gasteiger partial charge < -0.3 is 10.3 Å². The zero-order valence-electron chi connectivity index (χ0n) is 20.0. The van der Waals surface area contributed by atoms with Gasteiger partial charge >= 0.3 is 0 Å². The van der Waals surface area contributed by atoms with Crippen molar-refractivity contribution in [3.05, 3.63) is 144 Å². The number of hydrogen-bond acceptors (Lipinski definition) is 2. The summed E-state index contributed by atoms with van der Waals surface area (Å²) >= 11 is 0. The van der Waals surface area contributed by atoms with Crippen LogP contribution in [0.15, 0.2) is 115 Å². The van der Waals surface area contributed by atoms with Crippen molar-refractivity contribution in [2.24, 2.45) is 5.73 Å². The molecule has 0 bridgehead atoms. The molecule has 0 saturated heterocycles. The Hall–Kier alpha value is -4.96. The number of nitrogens with zero attached hydrogens (tertiary/aromatic N) is 1. The van der Waals surface area contributed by atoms with Gasteiger partial charge in [-0.3, -0.25) is 9.59 Å². The van der Waals surface area contributed by atoms with Gasteiger partial charge in [-0.25, -0.2) is 0 Å². The predicted molar refractivity (Wildman–Crippen MR) is 148 cm³/mol. The summed E-state index contributed by atoms with van der Waals surface area (Å²) in [7, 11) is 0. The largest absolute Gasteiger partial charge is 0.366 e. The van der Waals surface area contributed by atoms with E-state index in [1.165, 1.54) is 0 Å². The summed E-state index contributed by atoms with van der Waals surface area (Å²) in [6.07, 6.45) is 0. The summed E-state index contributed by atoms with van der Waals surface area (Å²) in [5.41, 5.74) is 12.5. The Balaban J connectivity index is 1.52. The van der Waals surface area contributed by atoms with E-state index in [4.69, 9.17) is 5.73 Å². The molecule has 2 N–H and O–H groups in total. The van der Waals surface area contributed by atoms with Gasteiger partial charge in [-0.05, 0) is 53.1 Å². The zero-order valence-corrected chi connectivity index (χ0v) is 20.0. The highest BCUT2D eigenvalue weighted by molar-refractivity contribution is 6.18. The SMILES string of the molecule is NC(=O)c1cccc2c1c1[c]cc(-c3ccccc3)cc1n2Cc1cccc(C(=O)c2ccccc2)c1. The number of primary amides is 1. The molecule has 0 spiro atoms. The van der Waals surface area contributed by atoms with Gasteiger partial charge in [-0.15, -0.1) is 0 Å². The Morgan fingerprint density at radius 1 is 0.703 bits per heavy atom. The number of nitrogens with two attached hydrogens (primary N) is 1. The zero-order chi connectivity index (χ0) is 25.4. The molecule has 5 aromatic carbocycles. The Labute approximate surface area is 214 Å². The second kappa shape index (κ2) is 9.25. The molecular formula is C33H23N2O2. The van der Waals surface area contributed by atoms with Crippen molar-refractivity contribution in [1.29, 1.82) is 0 Å². The third-order valence-corrected chi connectivity index (χ3v) is 6.73. The van der Waals surface area contributed by atoms with Crippen LogP contribution < -0.4 is 5.73 Å². The first kappa shape index (κ1) is 22.5. The average Bonchev–Trinajstić information content (AvgIpc) is 3.26. The highest BCUT2D eigenvalue weighted by Crippen LogP contribution is 2.34. The number of ketones is 1. The van der Waals surface area contributed by atoms with Crippen LogP contribution in [0.2, 0.25) is 0 Å². The smallest absolute Gasteiger partial charge is 0.249 e. The van der Waals surface area contributed by atoms with Gasteiger partial charge in [0.05, 0.1) is 11.0 Å². The van der Waals surface area contributed by atoms with Crippen LogP contribution in [0.4, 0.5) is 0 Å². The number of rotatable bonds is 6. The van der Waals surface area contributed by atoms with Gasteiger partial charge in [0.1, 0.15) is 0 Å². The van der Waals surface area contributed by atoms with E-state index in [1.54, 1.807) is 6.07 Å². The molecule has 0 aliphatic carbocycles. The third kappa shape index (κ3) is 4.09. The van der Waals surface area contributed by atoms with Gasteiger partial charge in [0.2, 0.25) is 5.91 Å². The maximum absolute atomic E-state index is 13.1. The van der Waals surface area contributed by atoms with E-state index in [9.17, 15) is 9.59 Å². The molecule has 37 heavy (non-hydrogen) atoms. The van der Waals surface area contributed by atoms with Crippen molar-refractivity contribution >= 4 is 33.5 Å². The van der Waals surface area contributed by atoms with Crippen molar-refractivity contribution in [2.75, 3.05) is 0 Å². The fraction of sp³-hybridized carbons (Fsp3) is 0.0303. The van der Waals surface area contributed by atoms with E-state index in [0.29, 0.717) is 23.2 Å². The standard InChI is InChI=1S/C33H23N2O2/c34-33(37)28-15-8-16-29-31(28)27-18-17-25(23-10-3-1-4-11-23)20-30(27)35(29)21-22-9-7-14-26(19-22)32(36)24-12-5-2-6-13-24/h1-17,19-20H,21H2,(H2,34,37). The van der Waals surface area contributed by atoms with Gasteiger partial charge in [-0.2, -0.15) is 0 Å². The van der Waals surface area contributed by atoms with Gasteiger partial charge in [-0.1, -0.05) is 84.9 Å². The molecule has 0 fully saturated rings. The molecule has 0 unspecified atom stereocenters. The van der Waals surface area contributed by atoms with E-state index in [2.05, 4.69) is 28.8 Å². The average molecular weight is 480 g/mol. The number of benzene rings is 5. The van der Waals surface area contributed by atoms with Crippen LogP contribution in [-0.2, 0) is 6.54 Å². The highest BCUT2D eigenvalue weighted by Gasteiger charge is 2.18. The fourth-order valence-electron chi connectivity index (χ4n) is 4.98. The lowest BCUT2D eigenvalue weighted by atomic mass is 10.0. The first-order valence-electron chi connectivity index (χ1n) is 12.1. The topological polar surface area (TPSA) is 65.1 Å². The summed E-state index contributed by atoms with van der Waals surface area (Å²) in [5, 5.41) is 1.64. The molecule has 0 atom stereocenters. The molecule has 0 aliphatic heterocycles. The molecule has 6 aromatic rings. The second-order valence-corrected chi connectivity index (χ2v) is 9.06. The lowest BCUT2D eigenvalue weighted by molar-refractivity contribution is 0.1000. The monoisotopic (exact) mass is 479 g/mol. The first-order valence-corrected chi connectivity index (χ1v) is 12.1. The lowest BCUT2D eigenvalue weighted by Crippen LogP contribution is -2.11. The van der Waals surface area contributed by atoms with Crippen LogP contribution in [0.1, 0.15) is 31.8 Å². The molecule has 0 aliphatic rings. The number of hydrogen-bond donors (Lipinski definition) is 1. The lowest BCUT2D eigenvalue weighted by Gasteiger charge is -2.11. The minimum absolute atomic E-state index is 0.0135. The summed E-state index contributed by atoms with van der Waals surface area (Å²) in [6, 6.07) is 40.3. The molecule has 1 amide bonds. The normalized spacial score (nSPS) is 11.1. The molecule has 1 aromatic heterocycles. The summed E-state index contributed by atoms with van der Waals surface area (Å²) in [6.45, 7) is 0.518. The van der Waals surface area contributed by atoms with Crippen molar-refractivity contribution < 1.29 is 9.59 Å². The maximum atomic E-state index is 13.1. The van der Waals surface area contributed by atoms with E-state index in [-0.39, 0.29) is 5.78 Å². The second-order valence-electron chi connectivity index (χ2n) is 9.06. The van der Waals surface area contributed by atoms with Crippen molar-refractivity contribution in [3.63, 3.8) is 0 Å². The van der Waals surface area contributed by atoms with Crippen LogP contribution in [0.5, 0.6) is 0 Å². The van der Waals surface area contributed by atoms with E-state index in [1.807, 2.05) is 91.0 Å². The Morgan fingerprint density at radius 2 is 1.41 bits per heavy atom. The van der Waals surface area contributed by atoms with Gasteiger partial charge in [0.15, 0.2) is 5.78 Å². The summed E-state index contributed by atoms with van der Waals surface area (Å²) < 4.78 is 2.17. The number of carbonyl (C=O) groups excluding carboxylic acids is 2. The molecule has 1 radical (unpaired) electrons. The highest BCUT2D eigenvalue weighted by atomic mass is 16.1. The number of amides is 1. The number of carbonyl (C=O) groups is 2. The molecule has 0 saturated carbocycles. The molecule has 4 nitrogen and oxygen atoms in total. The van der Waals surface area contributed by atoms with Gasteiger partial charge in [0.25, 0.3) is 0 Å². The third-order valence-electron chi connectivity index (χ3n) is 6.73. The summed E-state index contributed by atoms with van der Waals surface area (Å²) in [4.78, 5) is 25.4. The van der Waals surface area contributed by atoms with Crippen molar-refractivity contribution in [2.45, 2.75) is 6.54 Å². The molecule has 6 rings (SSSR count). The fourth-order valence-corrected chi connectivity index (χ4v) is 4.98. The minimum Gasteiger partial charge on any atom is -0.366 e. The number of aromatic nitrogens is 1. The van der Waals surface area contributed by atoms with Crippen LogP contribution in [0, 0.1) is 6.07 Å². The van der Waals surface area contributed by atoms with E-state index in [0.717, 1.165) is 38.5 Å². The van der Waals surface area contributed by atoms with Crippen molar-refractivity contribution in [1.82, 2.24) is 4.57 Å². The minimum atomic E-state index is -0.472. The molecule has 4 heteroatoms. The van der Waals surface area contributed by atoms with Crippen LogP contribution in [0.25, 0.3) is 32.9 Å². The van der Waals surface area contributed by atoms with E-state index < -0.39 is 5.91 Å². The van der Waals surface area contributed by atoms with Crippen molar-refractivity contribution in [3.8, 4) is 11.1 Å².